The van der Waals surface area contributed by atoms with E-state index in [9.17, 15) is 22.8 Å². The number of carbonyl (C=O) groups excluding carboxylic acids is 3. The molecule has 0 aliphatic carbocycles. The number of nitrogens with one attached hydrogen (secondary N) is 1. The lowest BCUT2D eigenvalue weighted by Crippen LogP contribution is -2.49. The molecule has 0 aromatic heterocycles. The average molecular weight is 506 g/mol. The number of rotatable bonds is 10. The van der Waals surface area contributed by atoms with Gasteiger partial charge in [0.1, 0.15) is 11.8 Å². The summed E-state index contributed by atoms with van der Waals surface area (Å²) in [4.78, 5) is 38.3. The fourth-order valence-electron chi connectivity index (χ4n) is 3.68. The summed E-state index contributed by atoms with van der Waals surface area (Å²) in [5.74, 6) is -0.999. The Morgan fingerprint density at radius 1 is 1.06 bits per heavy atom. The molecule has 1 N–H and O–H groups in total. The molecule has 1 aliphatic rings. The van der Waals surface area contributed by atoms with Gasteiger partial charge in [0.05, 0.1) is 30.7 Å². The molecule has 1 saturated heterocycles. The zero-order chi connectivity index (χ0) is 25.8. The molecule has 1 aliphatic heterocycles. The summed E-state index contributed by atoms with van der Waals surface area (Å²) in [5.41, 5.74) is 0.711. The standard InChI is InChI=1S/C23H27N3O8S/c1-15(27)24-16-5-11-19(12-6-16)35(30,31)25(14-22(33-3)34-4)20-13-21(28)26(23(20)29)17-7-9-18(32-2)10-8-17/h5-12,20,22H,13-14H2,1-4H3,(H,24,27). The van der Waals surface area contributed by atoms with E-state index in [4.69, 9.17) is 14.2 Å². The first-order chi connectivity index (χ1) is 16.6. The molecule has 0 bridgehead atoms. The van der Waals surface area contributed by atoms with Crippen LogP contribution in [0.25, 0.3) is 0 Å². The molecule has 3 rings (SSSR count). The molecule has 188 valence electrons. The Bertz CT molecular complexity index is 1180. The fourth-order valence-corrected chi connectivity index (χ4v) is 5.25. The van der Waals surface area contributed by atoms with Crippen molar-refractivity contribution in [3.05, 3.63) is 48.5 Å². The van der Waals surface area contributed by atoms with E-state index in [1.165, 1.54) is 52.5 Å². The predicted octanol–water partition coefficient (Wildman–Crippen LogP) is 1.60. The van der Waals surface area contributed by atoms with E-state index in [0.29, 0.717) is 17.1 Å². The Morgan fingerprint density at radius 3 is 2.17 bits per heavy atom. The second-order valence-corrected chi connectivity index (χ2v) is 9.56. The molecule has 2 aromatic rings. The van der Waals surface area contributed by atoms with Crippen LogP contribution in [-0.4, -0.2) is 70.7 Å². The lowest BCUT2D eigenvalue weighted by Gasteiger charge is -2.29. The predicted molar refractivity (Wildman–Crippen MR) is 126 cm³/mol. The van der Waals surface area contributed by atoms with Gasteiger partial charge in [0, 0.05) is 26.8 Å². The minimum absolute atomic E-state index is 0.124. The Morgan fingerprint density at radius 2 is 1.66 bits per heavy atom. The molecule has 0 radical (unpaired) electrons. The van der Waals surface area contributed by atoms with Crippen LogP contribution < -0.4 is 15.0 Å². The average Bonchev–Trinajstić information content (AvgIpc) is 3.13. The number of methoxy groups -OCH3 is 3. The molecule has 0 saturated carbocycles. The van der Waals surface area contributed by atoms with Gasteiger partial charge in [-0.1, -0.05) is 0 Å². The molecular formula is C23H27N3O8S. The molecule has 3 amide bonds. The van der Waals surface area contributed by atoms with Crippen LogP contribution >= 0.6 is 0 Å². The normalized spacial score (nSPS) is 16.3. The molecule has 1 unspecified atom stereocenters. The molecule has 0 spiro atoms. The smallest absolute Gasteiger partial charge is 0.252 e. The second kappa shape index (κ2) is 11.0. The maximum Gasteiger partial charge on any atom is 0.252 e. The monoisotopic (exact) mass is 505 g/mol. The number of sulfonamides is 1. The van der Waals surface area contributed by atoms with Crippen molar-refractivity contribution in [1.82, 2.24) is 4.31 Å². The minimum Gasteiger partial charge on any atom is -0.497 e. The highest BCUT2D eigenvalue weighted by molar-refractivity contribution is 7.89. The number of nitrogens with zero attached hydrogens (tertiary/aromatic N) is 2. The van der Waals surface area contributed by atoms with Crippen molar-refractivity contribution in [3.8, 4) is 5.75 Å². The quantitative estimate of drug-likeness (QED) is 0.380. The highest BCUT2D eigenvalue weighted by Crippen LogP contribution is 2.31. The van der Waals surface area contributed by atoms with Crippen LogP contribution in [0.2, 0.25) is 0 Å². The van der Waals surface area contributed by atoms with E-state index in [-0.39, 0.29) is 23.8 Å². The third-order valence-corrected chi connectivity index (χ3v) is 7.33. The molecule has 2 aromatic carbocycles. The number of amides is 3. The number of carbonyl (C=O) groups is 3. The fraction of sp³-hybridized carbons (Fsp3) is 0.348. The molecule has 12 heteroatoms. The lowest BCUT2D eigenvalue weighted by atomic mass is 10.2. The number of hydrogen-bond acceptors (Lipinski definition) is 8. The molecule has 1 fully saturated rings. The topological polar surface area (TPSA) is 132 Å². The van der Waals surface area contributed by atoms with Crippen LogP contribution in [-0.2, 0) is 33.9 Å². The van der Waals surface area contributed by atoms with Gasteiger partial charge in [-0.3, -0.25) is 14.4 Å². The van der Waals surface area contributed by atoms with Crippen molar-refractivity contribution < 1.29 is 37.0 Å². The van der Waals surface area contributed by atoms with E-state index in [0.717, 1.165) is 9.21 Å². The zero-order valence-corrected chi connectivity index (χ0v) is 20.6. The van der Waals surface area contributed by atoms with Crippen LogP contribution in [0.15, 0.2) is 53.4 Å². The molecule has 35 heavy (non-hydrogen) atoms. The molecule has 1 atom stereocenters. The van der Waals surface area contributed by atoms with Gasteiger partial charge >= 0.3 is 0 Å². The van der Waals surface area contributed by atoms with E-state index in [1.54, 1.807) is 24.3 Å². The first kappa shape index (κ1) is 26.3. The van der Waals surface area contributed by atoms with Crippen molar-refractivity contribution in [1.29, 1.82) is 0 Å². The van der Waals surface area contributed by atoms with E-state index in [1.807, 2.05) is 0 Å². The number of hydrogen-bond donors (Lipinski definition) is 1. The van der Waals surface area contributed by atoms with Gasteiger partial charge in [-0.25, -0.2) is 13.3 Å². The van der Waals surface area contributed by atoms with E-state index < -0.39 is 34.2 Å². The Balaban J connectivity index is 1.97. The first-order valence-corrected chi connectivity index (χ1v) is 12.0. The summed E-state index contributed by atoms with van der Waals surface area (Å²) >= 11 is 0. The third kappa shape index (κ3) is 5.68. The van der Waals surface area contributed by atoms with Crippen LogP contribution in [0.4, 0.5) is 11.4 Å². The summed E-state index contributed by atoms with van der Waals surface area (Å²) in [6.07, 6.45) is -1.34. The summed E-state index contributed by atoms with van der Waals surface area (Å²) in [6.45, 7) is 1.00. The van der Waals surface area contributed by atoms with E-state index in [2.05, 4.69) is 5.32 Å². The SMILES string of the molecule is COc1ccc(N2C(=O)CC(N(CC(OC)OC)S(=O)(=O)c3ccc(NC(C)=O)cc3)C2=O)cc1. The van der Waals surface area contributed by atoms with Crippen LogP contribution in [0.5, 0.6) is 5.75 Å². The van der Waals surface area contributed by atoms with Crippen molar-refractivity contribution in [2.75, 3.05) is 38.1 Å². The Labute approximate surface area is 203 Å². The maximum absolute atomic E-state index is 13.6. The number of imide groups is 1. The van der Waals surface area contributed by atoms with Crippen molar-refractivity contribution >= 4 is 39.1 Å². The lowest BCUT2D eigenvalue weighted by molar-refractivity contribution is -0.126. The minimum atomic E-state index is -4.28. The summed E-state index contributed by atoms with van der Waals surface area (Å²) in [5, 5.41) is 2.56. The Hall–Kier alpha value is -3.32. The zero-order valence-electron chi connectivity index (χ0n) is 19.8. The first-order valence-electron chi connectivity index (χ1n) is 10.6. The number of anilines is 2. The van der Waals surface area contributed by atoms with Crippen molar-refractivity contribution in [2.24, 2.45) is 0 Å². The highest BCUT2D eigenvalue weighted by atomic mass is 32.2. The van der Waals surface area contributed by atoms with E-state index >= 15 is 0 Å². The van der Waals surface area contributed by atoms with Crippen LogP contribution in [0, 0.1) is 0 Å². The van der Waals surface area contributed by atoms with Gasteiger partial charge in [0.2, 0.25) is 21.8 Å². The van der Waals surface area contributed by atoms with Gasteiger partial charge in [-0.2, -0.15) is 4.31 Å². The highest BCUT2D eigenvalue weighted by Gasteiger charge is 2.47. The van der Waals surface area contributed by atoms with Crippen molar-refractivity contribution in [3.63, 3.8) is 0 Å². The van der Waals surface area contributed by atoms with Gasteiger partial charge in [-0.15, -0.1) is 0 Å². The Kier molecular flexibility index (Phi) is 8.22. The molecule has 11 nitrogen and oxygen atoms in total. The summed E-state index contributed by atoms with van der Waals surface area (Å²) < 4.78 is 43.7. The third-order valence-electron chi connectivity index (χ3n) is 5.44. The largest absolute Gasteiger partial charge is 0.497 e. The van der Waals surface area contributed by atoms with Crippen molar-refractivity contribution in [2.45, 2.75) is 30.6 Å². The summed E-state index contributed by atoms with van der Waals surface area (Å²) in [7, 11) is -0.106. The number of ether oxygens (including phenoxy) is 3. The maximum atomic E-state index is 13.6. The van der Waals surface area contributed by atoms with Crippen LogP contribution in [0.3, 0.4) is 0 Å². The molecule has 1 heterocycles. The molecular weight excluding hydrogens is 478 g/mol. The summed E-state index contributed by atoms with van der Waals surface area (Å²) in [6, 6.07) is 10.5. The second-order valence-electron chi connectivity index (χ2n) is 7.67. The van der Waals surface area contributed by atoms with Gasteiger partial charge in [0.25, 0.3) is 5.91 Å². The van der Waals surface area contributed by atoms with Gasteiger partial charge in [0.15, 0.2) is 6.29 Å². The number of benzene rings is 2. The van der Waals surface area contributed by atoms with Crippen LogP contribution in [0.1, 0.15) is 13.3 Å². The van der Waals surface area contributed by atoms with Gasteiger partial charge in [-0.05, 0) is 48.5 Å². The van der Waals surface area contributed by atoms with Gasteiger partial charge < -0.3 is 19.5 Å².